The highest BCUT2D eigenvalue weighted by atomic mass is 16.5. The fraction of sp³-hybridized carbons (Fsp3) is 0.524. The molecule has 1 heterocycles. The second kappa shape index (κ2) is 7.62. The summed E-state index contributed by atoms with van der Waals surface area (Å²) in [5.74, 6) is 2.13. The molecule has 0 bridgehead atoms. The molecule has 1 fully saturated rings. The number of rotatable bonds is 8. The predicted octanol–water partition coefficient (Wildman–Crippen LogP) is 4.17. The van der Waals surface area contributed by atoms with E-state index >= 15 is 0 Å². The molecule has 1 aliphatic rings. The normalized spacial score (nSPS) is 16.4. The highest BCUT2D eigenvalue weighted by Gasteiger charge is 2.22. The van der Waals surface area contributed by atoms with Crippen molar-refractivity contribution in [3.63, 3.8) is 0 Å². The van der Waals surface area contributed by atoms with E-state index in [9.17, 15) is 0 Å². The Balaban J connectivity index is 1.69. The Morgan fingerprint density at radius 1 is 1.31 bits per heavy atom. The maximum Gasteiger partial charge on any atom is 0.223 e. The van der Waals surface area contributed by atoms with Gasteiger partial charge in [0.1, 0.15) is 12.4 Å². The first kappa shape index (κ1) is 18.6. The Hall–Kier alpha value is -2.14. The third-order valence-electron chi connectivity index (χ3n) is 4.47. The summed E-state index contributed by atoms with van der Waals surface area (Å²) in [6.45, 7) is 8.97. The van der Waals surface area contributed by atoms with Crippen molar-refractivity contribution >= 4 is 5.95 Å². The van der Waals surface area contributed by atoms with Crippen molar-refractivity contribution in [2.75, 3.05) is 11.9 Å². The van der Waals surface area contributed by atoms with Gasteiger partial charge in [-0.1, -0.05) is 13.8 Å². The van der Waals surface area contributed by atoms with Crippen LogP contribution in [-0.4, -0.2) is 28.2 Å². The molecule has 1 aromatic carbocycles. The third-order valence-corrected chi connectivity index (χ3v) is 4.47. The topological polar surface area (TPSA) is 73.1 Å². The summed E-state index contributed by atoms with van der Waals surface area (Å²) in [6, 6.07) is 8.63. The van der Waals surface area contributed by atoms with Gasteiger partial charge in [0.2, 0.25) is 5.95 Å². The van der Waals surface area contributed by atoms with Crippen LogP contribution in [0, 0.1) is 12.8 Å². The van der Waals surface area contributed by atoms with Gasteiger partial charge in [0.15, 0.2) is 0 Å². The van der Waals surface area contributed by atoms with E-state index in [0.29, 0.717) is 24.5 Å². The van der Waals surface area contributed by atoms with Gasteiger partial charge in [-0.15, -0.1) is 0 Å². The maximum atomic E-state index is 6.35. The fourth-order valence-electron chi connectivity index (χ4n) is 3.20. The smallest absolute Gasteiger partial charge is 0.223 e. The highest BCUT2D eigenvalue weighted by molar-refractivity contribution is 5.62. The van der Waals surface area contributed by atoms with Gasteiger partial charge in [0, 0.05) is 23.3 Å². The maximum absolute atomic E-state index is 6.35. The number of nitrogens with zero attached hydrogens (tertiary/aromatic N) is 2. The molecule has 1 atom stereocenters. The Kier molecular flexibility index (Phi) is 5.47. The molecule has 0 aliphatic heterocycles. The quantitative estimate of drug-likeness (QED) is 0.744. The van der Waals surface area contributed by atoms with Gasteiger partial charge in [-0.25, -0.2) is 9.97 Å². The molecule has 1 aromatic heterocycles. The average molecular weight is 354 g/mol. The fourth-order valence-corrected chi connectivity index (χ4v) is 3.20. The van der Waals surface area contributed by atoms with Crippen molar-refractivity contribution in [3.05, 3.63) is 36.0 Å². The number of benzene rings is 1. The molecule has 1 aliphatic carbocycles. The van der Waals surface area contributed by atoms with E-state index in [0.717, 1.165) is 29.0 Å². The van der Waals surface area contributed by atoms with Crippen LogP contribution in [0.3, 0.4) is 0 Å². The lowest BCUT2D eigenvalue weighted by Gasteiger charge is -2.27. The molecule has 3 rings (SSSR count). The zero-order chi connectivity index (χ0) is 18.7. The van der Waals surface area contributed by atoms with Crippen molar-refractivity contribution in [1.29, 1.82) is 0 Å². The van der Waals surface area contributed by atoms with E-state index in [4.69, 9.17) is 10.5 Å². The standard InChI is InChI=1S/C21H30N4O/c1-14(2)12-21(4,22)13-26-19-8-5-16(11-15(19)3)18-9-10-23-20(25-18)24-17-6-7-17/h5,8-11,14,17H,6-7,12-13,22H2,1-4H3,(H,23,24,25)/t21-/m0/s1. The Morgan fingerprint density at radius 3 is 2.73 bits per heavy atom. The molecular weight excluding hydrogens is 324 g/mol. The molecule has 0 saturated heterocycles. The SMILES string of the molecule is Cc1cc(-c2ccnc(NC3CC3)n2)ccc1OC[C@@](C)(N)CC(C)C. The zero-order valence-electron chi connectivity index (χ0n) is 16.2. The van der Waals surface area contributed by atoms with Crippen LogP contribution >= 0.6 is 0 Å². The van der Waals surface area contributed by atoms with E-state index in [1.165, 1.54) is 12.8 Å². The Bertz CT molecular complexity index is 753. The minimum Gasteiger partial charge on any atom is -0.491 e. The van der Waals surface area contributed by atoms with E-state index in [1.807, 2.05) is 25.1 Å². The molecule has 5 heteroatoms. The average Bonchev–Trinajstić information content (AvgIpc) is 3.37. The molecule has 0 amide bonds. The molecular formula is C21H30N4O. The zero-order valence-corrected chi connectivity index (χ0v) is 16.2. The number of aryl methyl sites for hydroxylation is 1. The van der Waals surface area contributed by atoms with Crippen LogP contribution in [0.25, 0.3) is 11.3 Å². The largest absolute Gasteiger partial charge is 0.491 e. The van der Waals surface area contributed by atoms with E-state index in [-0.39, 0.29) is 5.54 Å². The summed E-state index contributed by atoms with van der Waals surface area (Å²) < 4.78 is 6.01. The molecule has 0 unspecified atom stereocenters. The second-order valence-corrected chi connectivity index (χ2v) is 8.21. The van der Waals surface area contributed by atoms with Crippen LogP contribution in [0.5, 0.6) is 5.75 Å². The first-order chi connectivity index (χ1) is 12.3. The summed E-state index contributed by atoms with van der Waals surface area (Å²) in [7, 11) is 0. The van der Waals surface area contributed by atoms with Crippen molar-refractivity contribution in [1.82, 2.24) is 9.97 Å². The minimum atomic E-state index is -0.324. The molecule has 0 radical (unpaired) electrons. The van der Waals surface area contributed by atoms with Crippen LogP contribution in [-0.2, 0) is 0 Å². The summed E-state index contributed by atoms with van der Waals surface area (Å²) in [5.41, 5.74) is 9.09. The van der Waals surface area contributed by atoms with E-state index < -0.39 is 0 Å². The molecule has 26 heavy (non-hydrogen) atoms. The number of aromatic nitrogens is 2. The lowest BCUT2D eigenvalue weighted by molar-refractivity contribution is 0.206. The van der Waals surface area contributed by atoms with Gasteiger partial charge in [-0.2, -0.15) is 0 Å². The van der Waals surface area contributed by atoms with Crippen LogP contribution < -0.4 is 15.8 Å². The van der Waals surface area contributed by atoms with Gasteiger partial charge < -0.3 is 15.8 Å². The summed E-state index contributed by atoms with van der Waals surface area (Å²) in [4.78, 5) is 8.93. The lowest BCUT2D eigenvalue weighted by Crippen LogP contribution is -2.43. The van der Waals surface area contributed by atoms with Gasteiger partial charge in [0.25, 0.3) is 0 Å². The molecule has 1 saturated carbocycles. The molecule has 0 spiro atoms. The summed E-state index contributed by atoms with van der Waals surface area (Å²) in [6.07, 6.45) is 5.14. The first-order valence-electron chi connectivity index (χ1n) is 9.45. The predicted molar refractivity (Wildman–Crippen MR) is 106 cm³/mol. The third kappa shape index (κ3) is 5.18. The van der Waals surface area contributed by atoms with Crippen molar-refractivity contribution in [2.45, 2.75) is 58.5 Å². The van der Waals surface area contributed by atoms with Gasteiger partial charge in [-0.3, -0.25) is 0 Å². The van der Waals surface area contributed by atoms with Gasteiger partial charge in [0.05, 0.1) is 5.69 Å². The van der Waals surface area contributed by atoms with E-state index in [2.05, 4.69) is 42.1 Å². The van der Waals surface area contributed by atoms with E-state index in [1.54, 1.807) is 6.20 Å². The number of ether oxygens (including phenoxy) is 1. The molecule has 140 valence electrons. The van der Waals surface area contributed by atoms with Crippen molar-refractivity contribution < 1.29 is 4.74 Å². The van der Waals surface area contributed by atoms with Crippen LogP contribution in [0.1, 0.15) is 45.6 Å². The number of nitrogens with two attached hydrogens (primary N) is 1. The molecule has 5 nitrogen and oxygen atoms in total. The number of hydrogen-bond donors (Lipinski definition) is 2. The summed E-state index contributed by atoms with van der Waals surface area (Å²) in [5, 5.41) is 3.34. The first-order valence-corrected chi connectivity index (χ1v) is 9.45. The van der Waals surface area contributed by atoms with Gasteiger partial charge in [-0.05, 0) is 68.9 Å². The van der Waals surface area contributed by atoms with Gasteiger partial charge >= 0.3 is 0 Å². The number of nitrogens with one attached hydrogen (secondary N) is 1. The van der Waals surface area contributed by atoms with Crippen LogP contribution in [0.15, 0.2) is 30.5 Å². The molecule has 3 N–H and O–H groups in total. The Morgan fingerprint density at radius 2 is 2.08 bits per heavy atom. The minimum absolute atomic E-state index is 0.324. The highest BCUT2D eigenvalue weighted by Crippen LogP contribution is 2.28. The monoisotopic (exact) mass is 354 g/mol. The number of hydrogen-bond acceptors (Lipinski definition) is 5. The second-order valence-electron chi connectivity index (χ2n) is 8.21. The summed E-state index contributed by atoms with van der Waals surface area (Å²) >= 11 is 0. The van der Waals surface area contributed by atoms with Crippen molar-refractivity contribution in [3.8, 4) is 17.0 Å². The lowest BCUT2D eigenvalue weighted by atomic mass is 9.93. The molecule has 2 aromatic rings. The Labute approximate surface area is 156 Å². The van der Waals surface area contributed by atoms with Crippen molar-refractivity contribution in [2.24, 2.45) is 11.7 Å². The van der Waals surface area contributed by atoms with Crippen LogP contribution in [0.4, 0.5) is 5.95 Å². The number of anilines is 1. The van der Waals surface area contributed by atoms with Crippen LogP contribution in [0.2, 0.25) is 0 Å².